The number of nitrogens with two attached hydrogens (primary N) is 1. The third-order valence-electron chi connectivity index (χ3n) is 3.19. The second kappa shape index (κ2) is 4.92. The number of hydrogen-bond donors (Lipinski definition) is 2. The van der Waals surface area contributed by atoms with Crippen molar-refractivity contribution >= 4 is 44.3 Å². The Hall–Kier alpha value is -0.850. The summed E-state index contributed by atoms with van der Waals surface area (Å²) in [6.45, 7) is 1.88. The quantitative estimate of drug-likeness (QED) is 0.834. The van der Waals surface area contributed by atoms with Gasteiger partial charge in [-0.3, -0.25) is 0 Å². The summed E-state index contributed by atoms with van der Waals surface area (Å²) in [5.74, 6) is 0.311. The molecule has 1 atom stereocenters. The molecule has 4 nitrogen and oxygen atoms in total. The van der Waals surface area contributed by atoms with E-state index < -0.39 is 15.4 Å². The van der Waals surface area contributed by atoms with Crippen LogP contribution in [0.15, 0.2) is 18.2 Å². The van der Waals surface area contributed by atoms with E-state index in [0.29, 0.717) is 17.0 Å². The number of thiocarbonyl (C=S) groups is 1. The van der Waals surface area contributed by atoms with Crippen molar-refractivity contribution in [2.24, 2.45) is 5.73 Å². The molecule has 0 aliphatic carbocycles. The third-order valence-corrected chi connectivity index (χ3v) is 5.54. The van der Waals surface area contributed by atoms with E-state index in [1.165, 1.54) is 0 Å². The van der Waals surface area contributed by atoms with Gasteiger partial charge in [-0.1, -0.05) is 23.8 Å². The van der Waals surface area contributed by atoms with Gasteiger partial charge in [0.1, 0.15) is 4.99 Å². The molecular formula is C12H15ClN2O2S2. The molecule has 1 fully saturated rings. The van der Waals surface area contributed by atoms with Gasteiger partial charge in [0.15, 0.2) is 9.84 Å². The summed E-state index contributed by atoms with van der Waals surface area (Å²) in [6, 6.07) is 5.17. The Labute approximate surface area is 123 Å². The predicted octanol–water partition coefficient (Wildman–Crippen LogP) is 1.96. The minimum Gasteiger partial charge on any atom is -0.389 e. The molecule has 19 heavy (non-hydrogen) atoms. The summed E-state index contributed by atoms with van der Waals surface area (Å²) in [7, 11) is -2.97. The smallest absolute Gasteiger partial charge is 0.152 e. The maximum absolute atomic E-state index is 11.6. The highest BCUT2D eigenvalue weighted by molar-refractivity contribution is 7.91. The minimum atomic E-state index is -2.97. The lowest BCUT2D eigenvalue weighted by molar-refractivity contribution is 0.574. The van der Waals surface area contributed by atoms with E-state index >= 15 is 0 Å². The molecule has 3 N–H and O–H groups in total. The Morgan fingerprint density at radius 2 is 2.21 bits per heavy atom. The van der Waals surface area contributed by atoms with Gasteiger partial charge in [-0.2, -0.15) is 0 Å². The Morgan fingerprint density at radius 1 is 1.53 bits per heavy atom. The molecule has 0 bridgehead atoms. The van der Waals surface area contributed by atoms with Crippen LogP contribution in [0.4, 0.5) is 5.69 Å². The average Bonchev–Trinajstić information content (AvgIpc) is 2.55. The standard InChI is InChI=1S/C12H15ClN2O2S2/c1-12(4-5-19(16,17)7-12)15-10-3-2-8(13)6-9(10)11(14)18/h2-3,6,15H,4-5,7H2,1H3,(H2,14,18). The molecule has 0 saturated carbocycles. The van der Waals surface area contributed by atoms with Gasteiger partial charge in [0.05, 0.1) is 11.5 Å². The van der Waals surface area contributed by atoms with Crippen LogP contribution in [-0.4, -0.2) is 30.5 Å². The summed E-state index contributed by atoms with van der Waals surface area (Å²) >= 11 is 10.9. The van der Waals surface area contributed by atoms with Crippen LogP contribution in [0.2, 0.25) is 5.02 Å². The van der Waals surface area contributed by atoms with Crippen molar-refractivity contribution in [2.45, 2.75) is 18.9 Å². The monoisotopic (exact) mass is 318 g/mol. The Bertz CT molecular complexity index is 631. The lowest BCUT2D eigenvalue weighted by Gasteiger charge is -2.26. The van der Waals surface area contributed by atoms with Crippen LogP contribution in [0.5, 0.6) is 0 Å². The first kappa shape index (κ1) is 14.6. The molecule has 1 saturated heterocycles. The van der Waals surface area contributed by atoms with E-state index in [9.17, 15) is 8.42 Å². The molecule has 0 radical (unpaired) electrons. The van der Waals surface area contributed by atoms with Crippen LogP contribution in [0.1, 0.15) is 18.9 Å². The second-order valence-corrected chi connectivity index (χ2v) is 8.14. The van der Waals surface area contributed by atoms with Gasteiger partial charge in [0.2, 0.25) is 0 Å². The molecule has 0 spiro atoms. The van der Waals surface area contributed by atoms with E-state index in [2.05, 4.69) is 5.32 Å². The van der Waals surface area contributed by atoms with Crippen LogP contribution in [0, 0.1) is 0 Å². The molecular weight excluding hydrogens is 304 g/mol. The van der Waals surface area contributed by atoms with Crippen molar-refractivity contribution in [3.05, 3.63) is 28.8 Å². The Balaban J connectivity index is 2.32. The Morgan fingerprint density at radius 3 is 2.74 bits per heavy atom. The predicted molar refractivity (Wildman–Crippen MR) is 82.6 cm³/mol. The summed E-state index contributed by atoms with van der Waals surface area (Å²) in [5.41, 5.74) is 6.53. The zero-order valence-corrected chi connectivity index (χ0v) is 12.8. The Kier molecular flexibility index (Phi) is 3.77. The van der Waals surface area contributed by atoms with E-state index in [-0.39, 0.29) is 16.5 Å². The van der Waals surface area contributed by atoms with Gasteiger partial charge in [0, 0.05) is 21.8 Å². The SMILES string of the molecule is CC1(Nc2ccc(Cl)cc2C(N)=S)CCS(=O)(=O)C1. The van der Waals surface area contributed by atoms with Gasteiger partial charge in [-0.15, -0.1) is 0 Å². The maximum atomic E-state index is 11.6. The summed E-state index contributed by atoms with van der Waals surface area (Å²) < 4.78 is 23.2. The van der Waals surface area contributed by atoms with Crippen molar-refractivity contribution in [2.75, 3.05) is 16.8 Å². The number of benzene rings is 1. The third kappa shape index (κ3) is 3.38. The van der Waals surface area contributed by atoms with Crippen LogP contribution < -0.4 is 11.1 Å². The topological polar surface area (TPSA) is 72.2 Å². The number of rotatable bonds is 3. The molecule has 1 heterocycles. The molecule has 1 aromatic carbocycles. The van der Waals surface area contributed by atoms with Crippen LogP contribution in [0.25, 0.3) is 0 Å². The number of nitrogens with one attached hydrogen (secondary N) is 1. The van der Waals surface area contributed by atoms with Crippen LogP contribution in [0.3, 0.4) is 0 Å². The number of anilines is 1. The van der Waals surface area contributed by atoms with Crippen LogP contribution >= 0.6 is 23.8 Å². The van der Waals surface area contributed by atoms with E-state index in [0.717, 1.165) is 5.69 Å². The van der Waals surface area contributed by atoms with Crippen molar-refractivity contribution in [3.63, 3.8) is 0 Å². The van der Waals surface area contributed by atoms with Gasteiger partial charge in [-0.25, -0.2) is 8.42 Å². The number of halogens is 1. The number of sulfone groups is 1. The highest BCUT2D eigenvalue weighted by Crippen LogP contribution is 2.30. The maximum Gasteiger partial charge on any atom is 0.152 e. The normalized spacial score (nSPS) is 25.2. The van der Waals surface area contributed by atoms with Crippen LogP contribution in [-0.2, 0) is 9.84 Å². The lowest BCUT2D eigenvalue weighted by Crippen LogP contribution is -2.36. The molecule has 1 aliphatic heterocycles. The molecule has 7 heteroatoms. The van der Waals surface area contributed by atoms with Crippen molar-refractivity contribution < 1.29 is 8.42 Å². The molecule has 1 unspecified atom stereocenters. The highest BCUT2D eigenvalue weighted by Gasteiger charge is 2.38. The fourth-order valence-electron chi connectivity index (χ4n) is 2.26. The summed E-state index contributed by atoms with van der Waals surface area (Å²) in [5, 5.41) is 3.78. The largest absolute Gasteiger partial charge is 0.389 e. The van der Waals surface area contributed by atoms with Crippen molar-refractivity contribution in [1.82, 2.24) is 0 Å². The molecule has 104 valence electrons. The van der Waals surface area contributed by atoms with E-state index in [4.69, 9.17) is 29.6 Å². The fourth-order valence-corrected chi connectivity index (χ4v) is 4.70. The zero-order valence-electron chi connectivity index (χ0n) is 10.4. The van der Waals surface area contributed by atoms with E-state index in [1.807, 2.05) is 6.92 Å². The molecule has 1 aromatic rings. The molecule has 0 amide bonds. The summed E-state index contributed by atoms with van der Waals surface area (Å²) in [4.78, 5) is 0.231. The van der Waals surface area contributed by atoms with Gasteiger partial charge in [-0.05, 0) is 31.5 Å². The van der Waals surface area contributed by atoms with Gasteiger partial charge in [0.25, 0.3) is 0 Å². The highest BCUT2D eigenvalue weighted by atomic mass is 35.5. The van der Waals surface area contributed by atoms with Gasteiger partial charge >= 0.3 is 0 Å². The molecule has 1 aliphatic rings. The first-order valence-electron chi connectivity index (χ1n) is 5.79. The van der Waals surface area contributed by atoms with Crippen molar-refractivity contribution in [3.8, 4) is 0 Å². The van der Waals surface area contributed by atoms with E-state index in [1.54, 1.807) is 18.2 Å². The number of hydrogen-bond acceptors (Lipinski definition) is 4. The van der Waals surface area contributed by atoms with Crippen molar-refractivity contribution in [1.29, 1.82) is 0 Å². The summed E-state index contributed by atoms with van der Waals surface area (Å²) in [6.07, 6.45) is 0.564. The average molecular weight is 319 g/mol. The molecule has 2 rings (SSSR count). The zero-order chi connectivity index (χ0) is 14.3. The molecule has 0 aromatic heterocycles. The second-order valence-electron chi connectivity index (χ2n) is 5.08. The lowest BCUT2D eigenvalue weighted by atomic mass is 10.0. The first-order valence-corrected chi connectivity index (χ1v) is 8.40. The van der Waals surface area contributed by atoms with Gasteiger partial charge < -0.3 is 11.1 Å². The first-order chi connectivity index (χ1) is 8.71. The minimum absolute atomic E-state index is 0.111. The fraction of sp³-hybridized carbons (Fsp3) is 0.417.